The van der Waals surface area contributed by atoms with Crippen LogP contribution >= 0.6 is 0 Å². The largest absolute Gasteiger partial charge is 0.508 e. The van der Waals surface area contributed by atoms with Crippen LogP contribution in [0.3, 0.4) is 0 Å². The molecule has 41 heavy (non-hydrogen) atoms. The van der Waals surface area contributed by atoms with Crippen molar-refractivity contribution in [3.05, 3.63) is 29.8 Å². The van der Waals surface area contributed by atoms with Crippen molar-refractivity contribution >= 4 is 35.6 Å². The first-order valence-electron chi connectivity index (χ1n) is 13.3. The molecule has 15 heteroatoms. The Morgan fingerprint density at radius 3 is 2.05 bits per heavy atom. The van der Waals surface area contributed by atoms with Crippen molar-refractivity contribution in [3.8, 4) is 5.75 Å². The Bertz CT molecular complexity index is 1080. The number of nitrogens with one attached hydrogen (secondary N) is 3. The molecule has 5 unspecified atom stereocenters. The number of carboxylic acid groups (broad SMARTS) is 1. The van der Waals surface area contributed by atoms with E-state index in [0.717, 1.165) is 0 Å². The highest BCUT2D eigenvalue weighted by Gasteiger charge is 2.32. The van der Waals surface area contributed by atoms with E-state index in [1.807, 2.05) is 0 Å². The Kier molecular flexibility index (Phi) is 14.6. The van der Waals surface area contributed by atoms with E-state index in [1.54, 1.807) is 26.0 Å². The average Bonchev–Trinajstić information content (AvgIpc) is 2.91. The van der Waals surface area contributed by atoms with Crippen LogP contribution in [0.5, 0.6) is 5.75 Å². The minimum Gasteiger partial charge on any atom is -0.508 e. The molecular weight excluding hydrogens is 536 g/mol. The van der Waals surface area contributed by atoms with E-state index in [-0.39, 0.29) is 43.9 Å². The van der Waals surface area contributed by atoms with Gasteiger partial charge in [-0.05, 0) is 49.3 Å². The fraction of sp³-hybridized carbons (Fsp3) is 0.538. The zero-order valence-corrected chi connectivity index (χ0v) is 23.3. The summed E-state index contributed by atoms with van der Waals surface area (Å²) in [5.41, 5.74) is 22.6. The maximum absolute atomic E-state index is 13.4. The van der Waals surface area contributed by atoms with Crippen LogP contribution in [-0.2, 0) is 30.4 Å². The van der Waals surface area contributed by atoms with E-state index >= 15 is 0 Å². The molecule has 4 amide bonds. The molecule has 1 rings (SSSR count). The summed E-state index contributed by atoms with van der Waals surface area (Å²) in [5.74, 6) is -4.65. The number of carbonyl (C=O) groups excluding carboxylic acids is 4. The summed E-state index contributed by atoms with van der Waals surface area (Å²) in [6, 6.07) is 1.47. The molecule has 0 aliphatic rings. The topological polar surface area (TPSA) is 278 Å². The maximum atomic E-state index is 13.4. The van der Waals surface area contributed by atoms with Crippen molar-refractivity contribution in [3.63, 3.8) is 0 Å². The smallest absolute Gasteiger partial charge is 0.326 e. The second kappa shape index (κ2) is 17.3. The van der Waals surface area contributed by atoms with Crippen molar-refractivity contribution in [1.82, 2.24) is 16.0 Å². The van der Waals surface area contributed by atoms with Crippen molar-refractivity contribution in [2.75, 3.05) is 6.54 Å². The van der Waals surface area contributed by atoms with Gasteiger partial charge in [0.2, 0.25) is 23.6 Å². The number of aliphatic imine (C=N–C) groups is 1. The second-order valence-electron chi connectivity index (χ2n) is 9.76. The van der Waals surface area contributed by atoms with Crippen LogP contribution in [0.25, 0.3) is 0 Å². The van der Waals surface area contributed by atoms with Crippen molar-refractivity contribution in [2.45, 2.75) is 76.5 Å². The van der Waals surface area contributed by atoms with Crippen LogP contribution in [-0.4, -0.2) is 76.5 Å². The first-order valence-corrected chi connectivity index (χ1v) is 13.3. The quantitative estimate of drug-likeness (QED) is 0.0533. The normalized spacial score (nSPS) is 14.4. The lowest BCUT2D eigenvalue weighted by molar-refractivity contribution is -0.143. The van der Waals surface area contributed by atoms with Crippen molar-refractivity contribution in [1.29, 1.82) is 0 Å². The lowest BCUT2D eigenvalue weighted by Crippen LogP contribution is -2.58. The first-order chi connectivity index (χ1) is 19.2. The standard InChI is InChI=1S/C26H42N8O7/c1-3-14(2)21(24(39)33-19(25(40)41)10-11-20(28)36)34-23(38)18(5-4-12-31-26(29)30)32-22(37)17(27)13-15-6-8-16(35)9-7-15/h6-9,14,17-19,21,35H,3-5,10-13,27H2,1-2H3,(H2,28,36)(H,32,37)(H,33,39)(H,34,38)(H,40,41)(H4,29,30,31). The number of primary amides is 1. The molecule has 0 fully saturated rings. The van der Waals surface area contributed by atoms with Crippen LogP contribution in [0, 0.1) is 5.92 Å². The lowest BCUT2D eigenvalue weighted by atomic mass is 9.96. The molecule has 0 radical (unpaired) electrons. The Balaban J connectivity index is 3.06. The number of aromatic hydroxyl groups is 1. The minimum atomic E-state index is -1.40. The van der Waals surface area contributed by atoms with Gasteiger partial charge in [0.15, 0.2) is 5.96 Å². The molecule has 0 heterocycles. The SMILES string of the molecule is CCC(C)C(NC(=O)C(CCCN=C(N)N)NC(=O)C(N)Cc1ccc(O)cc1)C(=O)NC(CCC(N)=O)C(=O)O. The van der Waals surface area contributed by atoms with E-state index in [0.29, 0.717) is 18.4 Å². The number of carbonyl (C=O) groups is 5. The third-order valence-corrected chi connectivity index (χ3v) is 6.39. The highest BCUT2D eigenvalue weighted by atomic mass is 16.4. The molecule has 0 aliphatic heterocycles. The maximum Gasteiger partial charge on any atom is 0.326 e. The van der Waals surface area contributed by atoms with E-state index in [1.165, 1.54) is 12.1 Å². The van der Waals surface area contributed by atoms with Gasteiger partial charge in [-0.1, -0.05) is 32.4 Å². The highest BCUT2D eigenvalue weighted by Crippen LogP contribution is 2.13. The Morgan fingerprint density at radius 1 is 0.902 bits per heavy atom. The number of amides is 4. The first kappa shape index (κ1) is 34.6. The molecule has 13 N–H and O–H groups in total. The zero-order valence-electron chi connectivity index (χ0n) is 23.3. The Hall–Kier alpha value is -4.40. The van der Waals surface area contributed by atoms with E-state index in [4.69, 9.17) is 22.9 Å². The van der Waals surface area contributed by atoms with Crippen LogP contribution < -0.4 is 38.9 Å². The van der Waals surface area contributed by atoms with Crippen molar-refractivity contribution in [2.24, 2.45) is 33.8 Å². The van der Waals surface area contributed by atoms with Crippen LogP contribution in [0.1, 0.15) is 51.5 Å². The number of benzene rings is 1. The molecule has 0 spiro atoms. The molecule has 5 atom stereocenters. The average molecular weight is 579 g/mol. The fourth-order valence-corrected chi connectivity index (χ4v) is 3.79. The fourth-order valence-electron chi connectivity index (χ4n) is 3.79. The molecule has 0 aromatic heterocycles. The monoisotopic (exact) mass is 578 g/mol. The number of carboxylic acids is 1. The number of phenolic OH excluding ortho intramolecular Hbond substituents is 1. The lowest BCUT2D eigenvalue weighted by Gasteiger charge is -2.28. The number of rotatable bonds is 18. The molecule has 0 saturated heterocycles. The third kappa shape index (κ3) is 13.0. The molecule has 228 valence electrons. The highest BCUT2D eigenvalue weighted by molar-refractivity contribution is 5.94. The predicted octanol–water partition coefficient (Wildman–Crippen LogP) is -1.83. The van der Waals surface area contributed by atoms with Gasteiger partial charge in [-0.25, -0.2) is 4.79 Å². The van der Waals surface area contributed by atoms with Gasteiger partial charge in [-0.3, -0.25) is 24.2 Å². The molecular formula is C26H42N8O7. The third-order valence-electron chi connectivity index (χ3n) is 6.39. The van der Waals surface area contributed by atoms with Gasteiger partial charge < -0.3 is 49.1 Å². The molecule has 15 nitrogen and oxygen atoms in total. The molecule has 0 aliphatic carbocycles. The Morgan fingerprint density at radius 2 is 1.51 bits per heavy atom. The van der Waals surface area contributed by atoms with Crippen LogP contribution in [0.2, 0.25) is 0 Å². The van der Waals surface area contributed by atoms with Crippen LogP contribution in [0.15, 0.2) is 29.3 Å². The van der Waals surface area contributed by atoms with E-state index in [2.05, 4.69) is 20.9 Å². The predicted molar refractivity (Wildman–Crippen MR) is 151 cm³/mol. The summed E-state index contributed by atoms with van der Waals surface area (Å²) >= 11 is 0. The van der Waals surface area contributed by atoms with E-state index < -0.39 is 59.7 Å². The second-order valence-corrected chi connectivity index (χ2v) is 9.76. The van der Waals surface area contributed by atoms with Gasteiger partial charge in [0.25, 0.3) is 0 Å². The summed E-state index contributed by atoms with van der Waals surface area (Å²) < 4.78 is 0. The number of aliphatic carboxylic acids is 1. The number of guanidine groups is 1. The zero-order chi connectivity index (χ0) is 31.1. The molecule has 0 saturated carbocycles. The summed E-state index contributed by atoms with van der Waals surface area (Å²) in [6.45, 7) is 3.66. The summed E-state index contributed by atoms with van der Waals surface area (Å²) in [6.07, 6.45) is 0.514. The molecule has 1 aromatic carbocycles. The van der Waals surface area contributed by atoms with E-state index in [9.17, 15) is 34.2 Å². The number of nitrogens with two attached hydrogens (primary N) is 4. The minimum absolute atomic E-state index is 0.0618. The van der Waals surface area contributed by atoms with Gasteiger partial charge in [-0.2, -0.15) is 0 Å². The van der Waals surface area contributed by atoms with Gasteiger partial charge in [0, 0.05) is 13.0 Å². The number of hydrogen-bond acceptors (Lipinski definition) is 8. The van der Waals surface area contributed by atoms with Crippen LogP contribution in [0.4, 0.5) is 0 Å². The summed E-state index contributed by atoms with van der Waals surface area (Å²) in [5, 5.41) is 26.5. The van der Waals surface area contributed by atoms with Gasteiger partial charge >= 0.3 is 5.97 Å². The van der Waals surface area contributed by atoms with Gasteiger partial charge in [0.1, 0.15) is 23.9 Å². The van der Waals surface area contributed by atoms with Gasteiger partial charge in [-0.15, -0.1) is 0 Å². The van der Waals surface area contributed by atoms with Crippen molar-refractivity contribution < 1.29 is 34.2 Å². The number of hydrogen-bond donors (Lipinski definition) is 9. The number of nitrogens with zero attached hydrogens (tertiary/aromatic N) is 1. The van der Waals surface area contributed by atoms with Gasteiger partial charge in [0.05, 0.1) is 6.04 Å². The summed E-state index contributed by atoms with van der Waals surface area (Å²) in [7, 11) is 0. The molecule has 0 bridgehead atoms. The Labute approximate surface area is 238 Å². The molecule has 1 aromatic rings. The number of phenols is 1. The summed E-state index contributed by atoms with van der Waals surface area (Å²) in [4.78, 5) is 65.9.